The number of aliphatic hydroxyl groups is 1. The topological polar surface area (TPSA) is 78.7 Å². The maximum atomic E-state index is 12.8. The zero-order valence-corrected chi connectivity index (χ0v) is 15.0. The highest BCUT2D eigenvalue weighted by Gasteiger charge is 2.56. The standard InChI is InChI=1S/C18H22N2O4S/c1-2-23-15-10-14(21)18(15)5-7-20(8-6-18)16(22)11-3-4-12-13(9-11)24-17(25)19-12/h3-4,9,14-15,21H,2,5-8,10H2,1H3,(H,19,25)/t14-,15+/m0/s1. The van der Waals surface area contributed by atoms with Crippen molar-refractivity contribution in [3.63, 3.8) is 0 Å². The van der Waals surface area contributed by atoms with E-state index in [1.54, 1.807) is 12.1 Å². The van der Waals surface area contributed by atoms with E-state index in [0.29, 0.717) is 42.1 Å². The Kier molecular flexibility index (Phi) is 4.17. The summed E-state index contributed by atoms with van der Waals surface area (Å²) in [4.78, 5) is 17.9. The van der Waals surface area contributed by atoms with Gasteiger partial charge in [-0.15, -0.1) is 0 Å². The zero-order valence-electron chi connectivity index (χ0n) is 14.2. The molecule has 0 unspecified atom stereocenters. The molecule has 1 aromatic carbocycles. The molecule has 1 aliphatic heterocycles. The van der Waals surface area contributed by atoms with Crippen molar-refractivity contribution in [3.05, 3.63) is 28.6 Å². The predicted octanol–water partition coefficient (Wildman–Crippen LogP) is 2.88. The van der Waals surface area contributed by atoms with Gasteiger partial charge in [0.15, 0.2) is 5.58 Å². The Morgan fingerprint density at radius 2 is 2.24 bits per heavy atom. The second kappa shape index (κ2) is 6.23. The number of nitrogens with one attached hydrogen (secondary N) is 1. The quantitative estimate of drug-likeness (QED) is 0.821. The van der Waals surface area contributed by atoms with Gasteiger partial charge in [0.25, 0.3) is 10.7 Å². The number of hydrogen-bond acceptors (Lipinski definition) is 5. The molecule has 1 amide bonds. The van der Waals surface area contributed by atoms with Crippen molar-refractivity contribution in [2.45, 2.75) is 38.4 Å². The molecule has 2 aromatic rings. The molecule has 2 fully saturated rings. The monoisotopic (exact) mass is 362 g/mol. The van der Waals surface area contributed by atoms with E-state index in [0.717, 1.165) is 18.4 Å². The van der Waals surface area contributed by atoms with Crippen LogP contribution in [0, 0.1) is 10.3 Å². The van der Waals surface area contributed by atoms with Crippen molar-refractivity contribution >= 4 is 29.2 Å². The lowest BCUT2D eigenvalue weighted by atomic mass is 9.58. The molecule has 2 N–H and O–H groups in total. The van der Waals surface area contributed by atoms with E-state index in [-0.39, 0.29) is 23.5 Å². The number of amides is 1. The van der Waals surface area contributed by atoms with Crippen LogP contribution in [-0.4, -0.2) is 52.8 Å². The van der Waals surface area contributed by atoms with Crippen molar-refractivity contribution in [1.29, 1.82) is 0 Å². The largest absolute Gasteiger partial charge is 0.429 e. The highest BCUT2D eigenvalue weighted by Crippen LogP contribution is 2.51. The summed E-state index contributed by atoms with van der Waals surface area (Å²) in [5.74, 6) is -0.0131. The highest BCUT2D eigenvalue weighted by molar-refractivity contribution is 7.71. The molecule has 1 aliphatic carbocycles. The minimum Gasteiger partial charge on any atom is -0.429 e. The molecule has 134 valence electrons. The van der Waals surface area contributed by atoms with Gasteiger partial charge >= 0.3 is 0 Å². The Morgan fingerprint density at radius 3 is 2.92 bits per heavy atom. The van der Waals surface area contributed by atoms with E-state index in [2.05, 4.69) is 4.98 Å². The molecule has 6 nitrogen and oxygen atoms in total. The van der Waals surface area contributed by atoms with Crippen LogP contribution in [0.2, 0.25) is 0 Å². The molecule has 1 saturated heterocycles. The molecule has 0 bridgehead atoms. The summed E-state index contributed by atoms with van der Waals surface area (Å²) in [5, 5.41) is 10.3. The summed E-state index contributed by atoms with van der Waals surface area (Å²) in [6.07, 6.45) is 2.05. The van der Waals surface area contributed by atoms with Crippen molar-refractivity contribution in [3.8, 4) is 0 Å². The van der Waals surface area contributed by atoms with Gasteiger partial charge in [-0.05, 0) is 50.2 Å². The van der Waals surface area contributed by atoms with Gasteiger partial charge in [-0.1, -0.05) is 0 Å². The maximum absolute atomic E-state index is 12.8. The van der Waals surface area contributed by atoms with Crippen LogP contribution in [0.15, 0.2) is 22.6 Å². The lowest BCUT2D eigenvalue weighted by Gasteiger charge is -2.56. The number of ether oxygens (including phenoxy) is 1. The number of carbonyl (C=O) groups excluding carboxylic acids is 1. The molecule has 1 spiro atoms. The van der Waals surface area contributed by atoms with Crippen molar-refractivity contribution in [2.24, 2.45) is 5.41 Å². The third-order valence-corrected chi connectivity index (χ3v) is 5.94. The van der Waals surface area contributed by atoms with Gasteiger partial charge in [0.2, 0.25) is 0 Å². The normalized spacial score (nSPS) is 25.3. The van der Waals surface area contributed by atoms with Crippen LogP contribution in [-0.2, 0) is 4.74 Å². The molecule has 2 heterocycles. The second-order valence-electron chi connectivity index (χ2n) is 6.95. The van der Waals surface area contributed by atoms with Crippen LogP contribution in [0.4, 0.5) is 0 Å². The van der Waals surface area contributed by atoms with Crippen molar-refractivity contribution < 1.29 is 19.1 Å². The lowest BCUT2D eigenvalue weighted by Crippen LogP contribution is -2.62. The number of aliphatic hydroxyl groups excluding tert-OH is 1. The van der Waals surface area contributed by atoms with E-state index in [1.165, 1.54) is 0 Å². The number of likely N-dealkylation sites (tertiary alicyclic amines) is 1. The van der Waals surface area contributed by atoms with E-state index in [1.807, 2.05) is 17.9 Å². The molecule has 1 saturated carbocycles. The highest BCUT2D eigenvalue weighted by atomic mass is 32.1. The molecular formula is C18H22N2O4S. The summed E-state index contributed by atoms with van der Waals surface area (Å²) in [6.45, 7) is 3.91. The van der Waals surface area contributed by atoms with E-state index in [9.17, 15) is 9.90 Å². The fourth-order valence-electron chi connectivity index (χ4n) is 4.20. The summed E-state index contributed by atoms with van der Waals surface area (Å²) >= 11 is 4.98. The first-order valence-corrected chi connectivity index (χ1v) is 9.16. The van der Waals surface area contributed by atoms with Crippen LogP contribution in [0.3, 0.4) is 0 Å². The number of piperidine rings is 1. The molecule has 4 rings (SSSR count). The SMILES string of the molecule is CCO[C@@H]1C[C@H](O)C12CCN(C(=O)c1ccc3[nH]c(=S)oc3c1)CC2. The summed E-state index contributed by atoms with van der Waals surface area (Å²) in [6, 6.07) is 5.33. The Balaban J connectivity index is 1.48. The van der Waals surface area contributed by atoms with Gasteiger partial charge in [-0.2, -0.15) is 0 Å². The fraction of sp³-hybridized carbons (Fsp3) is 0.556. The van der Waals surface area contributed by atoms with Gasteiger partial charge in [0.05, 0.1) is 17.7 Å². The number of rotatable bonds is 3. The summed E-state index contributed by atoms with van der Waals surface area (Å²) < 4.78 is 11.2. The number of oxazole rings is 1. The summed E-state index contributed by atoms with van der Waals surface area (Å²) in [5.41, 5.74) is 1.80. The second-order valence-corrected chi connectivity index (χ2v) is 7.32. The van der Waals surface area contributed by atoms with Crippen LogP contribution >= 0.6 is 12.2 Å². The summed E-state index contributed by atoms with van der Waals surface area (Å²) in [7, 11) is 0. The number of nitrogens with zero attached hydrogens (tertiary/aromatic N) is 1. The molecule has 25 heavy (non-hydrogen) atoms. The Bertz CT molecular complexity index is 848. The zero-order chi connectivity index (χ0) is 17.6. The first-order chi connectivity index (χ1) is 12.0. The molecule has 7 heteroatoms. The molecule has 0 radical (unpaired) electrons. The minimum atomic E-state index is -0.318. The lowest BCUT2D eigenvalue weighted by molar-refractivity contribution is -0.207. The fourth-order valence-corrected chi connectivity index (χ4v) is 4.40. The molecular weight excluding hydrogens is 340 g/mol. The number of carbonyl (C=O) groups is 1. The molecule has 2 atom stereocenters. The Morgan fingerprint density at radius 1 is 1.48 bits per heavy atom. The van der Waals surface area contributed by atoms with E-state index < -0.39 is 0 Å². The van der Waals surface area contributed by atoms with Crippen molar-refractivity contribution in [2.75, 3.05) is 19.7 Å². The van der Waals surface area contributed by atoms with E-state index >= 15 is 0 Å². The maximum Gasteiger partial charge on any atom is 0.266 e. The first-order valence-electron chi connectivity index (χ1n) is 8.75. The Hall–Kier alpha value is -1.70. The molecule has 2 aliphatic rings. The number of aromatic nitrogens is 1. The van der Waals surface area contributed by atoms with Crippen LogP contribution < -0.4 is 0 Å². The third kappa shape index (κ3) is 2.70. The number of aromatic amines is 1. The van der Waals surface area contributed by atoms with Gasteiger partial charge in [0.1, 0.15) is 0 Å². The Labute approximate surface area is 150 Å². The van der Waals surface area contributed by atoms with Crippen LogP contribution in [0.1, 0.15) is 36.5 Å². The average molecular weight is 362 g/mol. The smallest absolute Gasteiger partial charge is 0.266 e. The predicted molar refractivity (Wildman–Crippen MR) is 95.0 cm³/mol. The van der Waals surface area contributed by atoms with Gasteiger partial charge in [-0.25, -0.2) is 0 Å². The van der Waals surface area contributed by atoms with E-state index in [4.69, 9.17) is 21.4 Å². The van der Waals surface area contributed by atoms with Crippen LogP contribution in [0.25, 0.3) is 11.1 Å². The average Bonchev–Trinajstić information content (AvgIpc) is 3.00. The third-order valence-electron chi connectivity index (χ3n) is 5.76. The number of hydrogen-bond donors (Lipinski definition) is 2. The van der Waals surface area contributed by atoms with Gasteiger partial charge in [-0.3, -0.25) is 4.79 Å². The van der Waals surface area contributed by atoms with Gasteiger partial charge in [0, 0.05) is 37.1 Å². The number of benzene rings is 1. The minimum absolute atomic E-state index is 0.0131. The van der Waals surface area contributed by atoms with Gasteiger partial charge < -0.3 is 24.1 Å². The van der Waals surface area contributed by atoms with Crippen molar-refractivity contribution in [1.82, 2.24) is 9.88 Å². The number of H-pyrrole nitrogens is 1. The number of fused-ring (bicyclic) bond motifs is 1. The molecule has 1 aromatic heterocycles. The first kappa shape index (κ1) is 16.8. The van der Waals surface area contributed by atoms with Crippen LogP contribution in [0.5, 0.6) is 0 Å².